The first-order chi connectivity index (χ1) is 13.7. The maximum absolute atomic E-state index is 10.3. The van der Waals surface area contributed by atoms with E-state index in [9.17, 15) is 10.2 Å². The average molecular weight is 372 g/mol. The molecule has 0 unspecified atom stereocenters. The molecule has 0 fully saturated rings. The summed E-state index contributed by atoms with van der Waals surface area (Å²) in [5, 5.41) is 25.2. The van der Waals surface area contributed by atoms with Gasteiger partial charge in [-0.15, -0.1) is 5.10 Å². The molecule has 0 bridgehead atoms. The number of para-hydroxylation sites is 2. The van der Waals surface area contributed by atoms with Crippen LogP contribution in [0.3, 0.4) is 0 Å². The molecule has 0 aliphatic carbocycles. The van der Waals surface area contributed by atoms with Gasteiger partial charge in [0.15, 0.2) is 11.6 Å². The fourth-order valence-electron chi connectivity index (χ4n) is 3.08. The molecule has 0 atom stereocenters. The van der Waals surface area contributed by atoms with Crippen LogP contribution in [0.5, 0.6) is 11.5 Å². The number of hydrogen-bond acceptors (Lipinski definition) is 5. The van der Waals surface area contributed by atoms with Gasteiger partial charge < -0.3 is 15.9 Å². The van der Waals surface area contributed by atoms with E-state index in [-0.39, 0.29) is 11.5 Å². The Balaban J connectivity index is 1.88. The van der Waals surface area contributed by atoms with Crippen molar-refractivity contribution in [2.45, 2.75) is 6.42 Å². The lowest BCUT2D eigenvalue weighted by Gasteiger charge is -2.08. The van der Waals surface area contributed by atoms with Crippen molar-refractivity contribution in [3.05, 3.63) is 78.4 Å². The van der Waals surface area contributed by atoms with Crippen molar-refractivity contribution in [1.82, 2.24) is 14.8 Å². The number of aromatic nitrogens is 3. The van der Waals surface area contributed by atoms with Gasteiger partial charge in [0.2, 0.25) is 0 Å². The van der Waals surface area contributed by atoms with Crippen LogP contribution in [0.2, 0.25) is 0 Å². The third-order valence-corrected chi connectivity index (χ3v) is 4.51. The molecule has 0 saturated heterocycles. The van der Waals surface area contributed by atoms with Crippen LogP contribution >= 0.6 is 0 Å². The second-order valence-corrected chi connectivity index (χ2v) is 6.41. The SMILES string of the molecule is NCCc1ccc(-n2nc(-c3ccccc3O)nc2-c2ccccc2O)cc1. The predicted molar refractivity (Wildman–Crippen MR) is 108 cm³/mol. The minimum Gasteiger partial charge on any atom is -0.507 e. The first-order valence-corrected chi connectivity index (χ1v) is 9.00. The Morgan fingerprint density at radius 2 is 1.39 bits per heavy atom. The fraction of sp³-hybridized carbons (Fsp3) is 0.0909. The zero-order valence-corrected chi connectivity index (χ0v) is 15.2. The summed E-state index contributed by atoms with van der Waals surface area (Å²) in [5.74, 6) is 1.08. The molecule has 0 amide bonds. The van der Waals surface area contributed by atoms with Crippen molar-refractivity contribution in [3.8, 4) is 40.0 Å². The van der Waals surface area contributed by atoms with E-state index in [1.54, 1.807) is 41.1 Å². The van der Waals surface area contributed by atoms with Crippen LogP contribution in [-0.4, -0.2) is 31.5 Å². The Morgan fingerprint density at radius 3 is 2.00 bits per heavy atom. The number of aromatic hydroxyl groups is 2. The molecule has 0 aliphatic heterocycles. The van der Waals surface area contributed by atoms with Crippen LogP contribution in [0.15, 0.2) is 72.8 Å². The molecule has 1 aromatic heterocycles. The molecular formula is C22H20N4O2. The number of nitrogens with zero attached hydrogens (tertiary/aromatic N) is 3. The molecule has 0 spiro atoms. The largest absolute Gasteiger partial charge is 0.507 e. The maximum atomic E-state index is 10.3. The summed E-state index contributed by atoms with van der Waals surface area (Å²) in [7, 11) is 0. The first-order valence-electron chi connectivity index (χ1n) is 9.00. The summed E-state index contributed by atoms with van der Waals surface area (Å²) >= 11 is 0. The van der Waals surface area contributed by atoms with Gasteiger partial charge in [-0.25, -0.2) is 9.67 Å². The molecule has 4 aromatic rings. The van der Waals surface area contributed by atoms with Crippen molar-refractivity contribution in [2.24, 2.45) is 5.73 Å². The standard InChI is InChI=1S/C22H20N4O2/c23-14-13-15-9-11-16(12-10-15)26-22(18-6-2-4-8-20(18)28)24-21(25-26)17-5-1-3-7-19(17)27/h1-12,27-28H,13-14,23H2. The summed E-state index contributed by atoms with van der Waals surface area (Å²) in [5.41, 5.74) is 8.65. The lowest BCUT2D eigenvalue weighted by molar-refractivity contribution is 0.476. The molecule has 0 saturated carbocycles. The number of benzene rings is 3. The normalized spacial score (nSPS) is 10.9. The summed E-state index contributed by atoms with van der Waals surface area (Å²) < 4.78 is 1.67. The van der Waals surface area contributed by atoms with Gasteiger partial charge in [0, 0.05) is 0 Å². The number of rotatable bonds is 5. The van der Waals surface area contributed by atoms with Crippen LogP contribution in [0, 0.1) is 0 Å². The number of hydrogen-bond donors (Lipinski definition) is 3. The molecule has 6 nitrogen and oxygen atoms in total. The Bertz CT molecular complexity index is 1100. The van der Waals surface area contributed by atoms with Gasteiger partial charge in [-0.1, -0.05) is 36.4 Å². The van der Waals surface area contributed by atoms with E-state index in [1.165, 1.54) is 0 Å². The molecule has 0 radical (unpaired) electrons. The van der Waals surface area contributed by atoms with Gasteiger partial charge in [0.05, 0.1) is 16.8 Å². The van der Waals surface area contributed by atoms with Gasteiger partial charge in [0.25, 0.3) is 0 Å². The molecular weight excluding hydrogens is 352 g/mol. The van der Waals surface area contributed by atoms with Crippen LogP contribution in [0.25, 0.3) is 28.5 Å². The summed E-state index contributed by atoms with van der Waals surface area (Å²) in [4.78, 5) is 4.62. The van der Waals surface area contributed by atoms with Crippen molar-refractivity contribution in [1.29, 1.82) is 0 Å². The minimum atomic E-state index is 0.0989. The quantitative estimate of drug-likeness (QED) is 0.498. The van der Waals surface area contributed by atoms with E-state index >= 15 is 0 Å². The lowest BCUT2D eigenvalue weighted by atomic mass is 10.1. The highest BCUT2D eigenvalue weighted by molar-refractivity contribution is 5.70. The molecule has 3 aromatic carbocycles. The van der Waals surface area contributed by atoms with Crippen LogP contribution < -0.4 is 5.73 Å². The van der Waals surface area contributed by atoms with E-state index in [0.717, 1.165) is 17.7 Å². The Morgan fingerprint density at radius 1 is 0.786 bits per heavy atom. The van der Waals surface area contributed by atoms with E-state index in [0.29, 0.717) is 29.3 Å². The molecule has 1 heterocycles. The Hall–Kier alpha value is -3.64. The Labute approximate surface area is 162 Å². The zero-order chi connectivity index (χ0) is 19.5. The van der Waals surface area contributed by atoms with Crippen LogP contribution in [-0.2, 0) is 6.42 Å². The predicted octanol–water partition coefficient (Wildman–Crippen LogP) is 3.51. The second-order valence-electron chi connectivity index (χ2n) is 6.41. The van der Waals surface area contributed by atoms with Crippen LogP contribution in [0.1, 0.15) is 5.56 Å². The smallest absolute Gasteiger partial charge is 0.185 e. The van der Waals surface area contributed by atoms with Gasteiger partial charge in [-0.3, -0.25) is 0 Å². The highest BCUT2D eigenvalue weighted by atomic mass is 16.3. The summed E-state index contributed by atoms with van der Waals surface area (Å²) in [6.45, 7) is 0.587. The topological polar surface area (TPSA) is 97.2 Å². The third kappa shape index (κ3) is 3.33. The highest BCUT2D eigenvalue weighted by Crippen LogP contribution is 2.33. The van der Waals surface area contributed by atoms with E-state index in [2.05, 4.69) is 10.1 Å². The summed E-state index contributed by atoms with van der Waals surface area (Å²) in [6.07, 6.45) is 0.799. The van der Waals surface area contributed by atoms with Crippen molar-refractivity contribution in [3.63, 3.8) is 0 Å². The van der Waals surface area contributed by atoms with Gasteiger partial charge >= 0.3 is 0 Å². The monoisotopic (exact) mass is 372 g/mol. The molecule has 4 rings (SSSR count). The third-order valence-electron chi connectivity index (χ3n) is 4.51. The lowest BCUT2D eigenvalue weighted by Crippen LogP contribution is -2.04. The first kappa shape index (κ1) is 17.8. The van der Waals surface area contributed by atoms with Gasteiger partial charge in [-0.05, 0) is 54.9 Å². The number of phenolic OH excluding ortho intramolecular Hbond substituents is 2. The van der Waals surface area contributed by atoms with E-state index in [1.807, 2.05) is 36.4 Å². The molecule has 0 aliphatic rings. The summed E-state index contributed by atoms with van der Waals surface area (Å²) in [6, 6.07) is 21.8. The Kier molecular flexibility index (Phi) is 4.78. The number of nitrogens with two attached hydrogens (primary N) is 1. The van der Waals surface area contributed by atoms with Crippen LogP contribution in [0.4, 0.5) is 0 Å². The van der Waals surface area contributed by atoms with Gasteiger partial charge in [0.1, 0.15) is 11.5 Å². The molecule has 6 heteroatoms. The minimum absolute atomic E-state index is 0.0989. The van der Waals surface area contributed by atoms with Crippen molar-refractivity contribution < 1.29 is 10.2 Å². The zero-order valence-electron chi connectivity index (χ0n) is 15.2. The van der Waals surface area contributed by atoms with Gasteiger partial charge in [-0.2, -0.15) is 0 Å². The number of phenols is 2. The van der Waals surface area contributed by atoms with E-state index in [4.69, 9.17) is 5.73 Å². The average Bonchev–Trinajstić information content (AvgIpc) is 3.14. The molecule has 140 valence electrons. The second kappa shape index (κ2) is 7.54. The van der Waals surface area contributed by atoms with E-state index < -0.39 is 0 Å². The molecule has 28 heavy (non-hydrogen) atoms. The van der Waals surface area contributed by atoms with Crippen molar-refractivity contribution in [2.75, 3.05) is 6.54 Å². The fourth-order valence-corrected chi connectivity index (χ4v) is 3.08. The molecule has 4 N–H and O–H groups in total. The maximum Gasteiger partial charge on any atom is 0.185 e. The highest BCUT2D eigenvalue weighted by Gasteiger charge is 2.18. The van der Waals surface area contributed by atoms with Crippen molar-refractivity contribution >= 4 is 0 Å².